The predicted octanol–water partition coefficient (Wildman–Crippen LogP) is 2.38. The Kier molecular flexibility index (Phi) is 6.57. The minimum atomic E-state index is -0.315. The molecule has 2 N–H and O–H groups in total. The molecule has 2 aliphatic rings. The number of likely N-dealkylation sites (tertiary alicyclic amines) is 1. The maximum absolute atomic E-state index is 12.3. The van der Waals surface area contributed by atoms with Crippen LogP contribution in [0.3, 0.4) is 0 Å². The number of carbonyl (C=O) groups excluding carboxylic acids is 3. The second-order valence-electron chi connectivity index (χ2n) is 6.80. The Morgan fingerprint density at radius 3 is 2.71 bits per heavy atom. The van der Waals surface area contributed by atoms with Gasteiger partial charge in [-0.1, -0.05) is 12.1 Å². The van der Waals surface area contributed by atoms with Gasteiger partial charge in [-0.2, -0.15) is 0 Å². The van der Waals surface area contributed by atoms with Gasteiger partial charge in [0.1, 0.15) is 6.61 Å². The zero-order valence-electron chi connectivity index (χ0n) is 16.0. The van der Waals surface area contributed by atoms with Crippen LogP contribution in [0, 0.1) is 0 Å². The van der Waals surface area contributed by atoms with Crippen molar-refractivity contribution in [1.29, 1.82) is 0 Å². The molecule has 0 atom stereocenters. The SMILES string of the molecule is CCOC(=O)N1CCC(NC(=O)Nc2cccc(CN3CCOC3=O)c2)CC1. The van der Waals surface area contributed by atoms with Gasteiger partial charge in [-0.05, 0) is 37.5 Å². The van der Waals surface area contributed by atoms with Crippen LogP contribution in [-0.4, -0.2) is 66.9 Å². The van der Waals surface area contributed by atoms with Crippen LogP contribution < -0.4 is 10.6 Å². The maximum atomic E-state index is 12.3. The van der Waals surface area contributed by atoms with E-state index in [1.807, 2.05) is 18.2 Å². The highest BCUT2D eigenvalue weighted by atomic mass is 16.6. The molecule has 2 aliphatic heterocycles. The molecule has 3 rings (SSSR count). The molecule has 4 amide bonds. The number of amides is 4. The van der Waals surface area contributed by atoms with Crippen LogP contribution in [0.2, 0.25) is 0 Å². The molecule has 152 valence electrons. The lowest BCUT2D eigenvalue weighted by molar-refractivity contribution is 0.0959. The lowest BCUT2D eigenvalue weighted by Gasteiger charge is -2.31. The topological polar surface area (TPSA) is 100 Å². The van der Waals surface area contributed by atoms with E-state index < -0.39 is 0 Å². The average molecular weight is 390 g/mol. The standard InChI is InChI=1S/C19H26N4O5/c1-2-27-18(25)22-8-6-15(7-9-22)20-17(24)21-16-5-3-4-14(12-16)13-23-10-11-28-19(23)26/h3-5,12,15H,2,6-11,13H2,1H3,(H2,20,21,24). The molecule has 0 unspecified atom stereocenters. The Morgan fingerprint density at radius 2 is 2.04 bits per heavy atom. The Hall–Kier alpha value is -2.97. The van der Waals surface area contributed by atoms with Gasteiger partial charge in [0.05, 0.1) is 13.2 Å². The van der Waals surface area contributed by atoms with Crippen molar-refractivity contribution >= 4 is 23.9 Å². The Bertz CT molecular complexity index is 718. The van der Waals surface area contributed by atoms with Crippen molar-refractivity contribution in [1.82, 2.24) is 15.1 Å². The fraction of sp³-hybridized carbons (Fsp3) is 0.526. The number of benzene rings is 1. The van der Waals surface area contributed by atoms with E-state index in [-0.39, 0.29) is 24.3 Å². The van der Waals surface area contributed by atoms with Crippen LogP contribution in [0.25, 0.3) is 0 Å². The van der Waals surface area contributed by atoms with Crippen molar-refractivity contribution in [3.63, 3.8) is 0 Å². The molecule has 0 aliphatic carbocycles. The summed E-state index contributed by atoms with van der Waals surface area (Å²) in [4.78, 5) is 38.8. The van der Waals surface area contributed by atoms with Crippen LogP contribution in [0.15, 0.2) is 24.3 Å². The fourth-order valence-electron chi connectivity index (χ4n) is 3.31. The molecular formula is C19H26N4O5. The van der Waals surface area contributed by atoms with Crippen LogP contribution in [0.4, 0.5) is 20.1 Å². The number of anilines is 1. The van der Waals surface area contributed by atoms with Crippen LogP contribution in [0.1, 0.15) is 25.3 Å². The van der Waals surface area contributed by atoms with E-state index in [0.29, 0.717) is 57.9 Å². The molecule has 9 heteroatoms. The van der Waals surface area contributed by atoms with Crippen molar-refractivity contribution in [2.45, 2.75) is 32.4 Å². The third-order valence-electron chi connectivity index (χ3n) is 4.76. The van der Waals surface area contributed by atoms with Crippen molar-refractivity contribution in [3.05, 3.63) is 29.8 Å². The fourth-order valence-corrected chi connectivity index (χ4v) is 3.31. The number of urea groups is 1. The van der Waals surface area contributed by atoms with Crippen LogP contribution in [0.5, 0.6) is 0 Å². The number of nitrogens with one attached hydrogen (secondary N) is 2. The van der Waals surface area contributed by atoms with Crippen molar-refractivity contribution in [2.75, 3.05) is 38.2 Å². The normalized spacial score (nSPS) is 17.2. The molecule has 2 heterocycles. The third-order valence-corrected chi connectivity index (χ3v) is 4.76. The molecule has 0 spiro atoms. The van der Waals surface area contributed by atoms with Crippen LogP contribution in [-0.2, 0) is 16.0 Å². The van der Waals surface area contributed by atoms with Gasteiger partial charge in [-0.15, -0.1) is 0 Å². The summed E-state index contributed by atoms with van der Waals surface area (Å²) >= 11 is 0. The summed E-state index contributed by atoms with van der Waals surface area (Å²) in [5.74, 6) is 0. The average Bonchev–Trinajstić information content (AvgIpc) is 3.07. The summed E-state index contributed by atoms with van der Waals surface area (Å²) < 4.78 is 9.92. The van der Waals surface area contributed by atoms with E-state index in [2.05, 4.69) is 10.6 Å². The van der Waals surface area contributed by atoms with E-state index >= 15 is 0 Å². The number of hydrogen-bond acceptors (Lipinski definition) is 5. The van der Waals surface area contributed by atoms with E-state index in [1.54, 1.807) is 22.8 Å². The van der Waals surface area contributed by atoms with Gasteiger partial charge >= 0.3 is 18.2 Å². The van der Waals surface area contributed by atoms with Gasteiger partial charge in [0.15, 0.2) is 0 Å². The van der Waals surface area contributed by atoms with E-state index in [0.717, 1.165) is 5.56 Å². The molecule has 2 saturated heterocycles. The van der Waals surface area contributed by atoms with Gasteiger partial charge < -0.3 is 29.9 Å². The lowest BCUT2D eigenvalue weighted by Crippen LogP contribution is -2.47. The first-order valence-corrected chi connectivity index (χ1v) is 9.55. The van der Waals surface area contributed by atoms with E-state index in [9.17, 15) is 14.4 Å². The minimum Gasteiger partial charge on any atom is -0.450 e. The monoisotopic (exact) mass is 390 g/mol. The van der Waals surface area contributed by atoms with Gasteiger partial charge in [0.25, 0.3) is 0 Å². The molecular weight excluding hydrogens is 364 g/mol. The number of piperidine rings is 1. The largest absolute Gasteiger partial charge is 0.450 e. The van der Waals surface area contributed by atoms with Gasteiger partial charge in [-0.25, -0.2) is 14.4 Å². The second kappa shape index (κ2) is 9.29. The first-order chi connectivity index (χ1) is 13.5. The van der Waals surface area contributed by atoms with E-state index in [4.69, 9.17) is 9.47 Å². The summed E-state index contributed by atoms with van der Waals surface area (Å²) in [6.07, 6.45) is 0.751. The van der Waals surface area contributed by atoms with Crippen LogP contribution >= 0.6 is 0 Å². The first-order valence-electron chi connectivity index (χ1n) is 9.55. The Labute approximate surface area is 163 Å². The van der Waals surface area contributed by atoms with Crippen molar-refractivity contribution < 1.29 is 23.9 Å². The molecule has 0 aromatic heterocycles. The number of carbonyl (C=O) groups is 3. The summed E-state index contributed by atoms with van der Waals surface area (Å²) in [6, 6.07) is 7.10. The number of ether oxygens (including phenoxy) is 2. The highest BCUT2D eigenvalue weighted by Crippen LogP contribution is 2.16. The summed E-state index contributed by atoms with van der Waals surface area (Å²) in [7, 11) is 0. The molecule has 1 aromatic carbocycles. The second-order valence-corrected chi connectivity index (χ2v) is 6.80. The quantitative estimate of drug-likeness (QED) is 0.804. The van der Waals surface area contributed by atoms with Crippen molar-refractivity contribution in [2.24, 2.45) is 0 Å². The smallest absolute Gasteiger partial charge is 0.410 e. The number of hydrogen-bond donors (Lipinski definition) is 2. The number of nitrogens with zero attached hydrogens (tertiary/aromatic N) is 2. The lowest BCUT2D eigenvalue weighted by atomic mass is 10.1. The molecule has 2 fully saturated rings. The molecule has 9 nitrogen and oxygen atoms in total. The molecule has 0 radical (unpaired) electrons. The molecule has 0 bridgehead atoms. The highest BCUT2D eigenvalue weighted by Gasteiger charge is 2.25. The van der Waals surface area contributed by atoms with Gasteiger partial charge in [0.2, 0.25) is 0 Å². The zero-order chi connectivity index (χ0) is 19.9. The minimum absolute atomic E-state index is 0.00762. The molecule has 0 saturated carbocycles. The Morgan fingerprint density at radius 1 is 1.25 bits per heavy atom. The third kappa shape index (κ3) is 5.28. The van der Waals surface area contributed by atoms with Gasteiger partial charge in [0, 0.05) is 31.4 Å². The summed E-state index contributed by atoms with van der Waals surface area (Å²) in [5, 5.41) is 5.78. The summed E-state index contributed by atoms with van der Waals surface area (Å²) in [5.41, 5.74) is 1.57. The highest BCUT2D eigenvalue weighted by molar-refractivity contribution is 5.89. The molecule has 28 heavy (non-hydrogen) atoms. The maximum Gasteiger partial charge on any atom is 0.410 e. The van der Waals surface area contributed by atoms with Gasteiger partial charge in [-0.3, -0.25) is 0 Å². The molecule has 1 aromatic rings. The Balaban J connectivity index is 1.45. The van der Waals surface area contributed by atoms with Crippen molar-refractivity contribution in [3.8, 4) is 0 Å². The first kappa shape index (κ1) is 19.8. The number of cyclic esters (lactones) is 1. The number of rotatable bonds is 5. The summed E-state index contributed by atoms with van der Waals surface area (Å²) in [6.45, 7) is 4.69. The van der Waals surface area contributed by atoms with E-state index in [1.165, 1.54) is 0 Å². The predicted molar refractivity (Wildman–Crippen MR) is 102 cm³/mol. The zero-order valence-corrected chi connectivity index (χ0v) is 16.0.